The quantitative estimate of drug-likeness (QED) is 0.177. The second-order valence-corrected chi connectivity index (χ2v) is 14.7. The van der Waals surface area contributed by atoms with Gasteiger partial charge in [0.25, 0.3) is 0 Å². The van der Waals surface area contributed by atoms with Crippen molar-refractivity contribution in [3.63, 3.8) is 0 Å². The first-order chi connectivity index (χ1) is 28.3. The van der Waals surface area contributed by atoms with Crippen molar-refractivity contribution < 1.29 is 4.42 Å². The molecule has 0 saturated heterocycles. The fourth-order valence-electron chi connectivity index (χ4n) is 9.01. The van der Waals surface area contributed by atoms with Crippen LogP contribution in [0.4, 0.5) is 0 Å². The summed E-state index contributed by atoms with van der Waals surface area (Å²) in [5.41, 5.74) is 14.9. The predicted molar refractivity (Wildman–Crippen MR) is 237 cm³/mol. The summed E-state index contributed by atoms with van der Waals surface area (Å²) < 4.78 is 11.8. The Morgan fingerprint density at radius 1 is 0.351 bits per heavy atom. The van der Waals surface area contributed by atoms with Gasteiger partial charge in [-0.15, -0.1) is 0 Å². The van der Waals surface area contributed by atoms with Crippen LogP contribution in [0.1, 0.15) is 0 Å². The van der Waals surface area contributed by atoms with E-state index in [4.69, 9.17) is 9.40 Å². The van der Waals surface area contributed by atoms with Crippen molar-refractivity contribution in [2.24, 2.45) is 0 Å². The number of fused-ring (bicyclic) bond motifs is 12. The zero-order valence-corrected chi connectivity index (χ0v) is 30.8. The van der Waals surface area contributed by atoms with Crippen LogP contribution in [0.25, 0.3) is 111 Å². The lowest BCUT2D eigenvalue weighted by molar-refractivity contribution is 0.673. The molecule has 0 fully saturated rings. The number of aromatic nitrogens is 3. The van der Waals surface area contributed by atoms with Crippen LogP contribution in [0, 0.1) is 0 Å². The Hall–Kier alpha value is -7.69. The van der Waals surface area contributed by atoms with Crippen LogP contribution in [-0.2, 0) is 0 Å². The number of furan rings is 1. The summed E-state index contributed by atoms with van der Waals surface area (Å²) in [4.78, 5) is 5.23. The molecule has 0 N–H and O–H groups in total. The van der Waals surface area contributed by atoms with Gasteiger partial charge in [0.15, 0.2) is 0 Å². The van der Waals surface area contributed by atoms with Gasteiger partial charge in [-0.25, -0.2) is 4.98 Å². The number of hydrogen-bond acceptors (Lipinski definition) is 2. The SMILES string of the molecule is c1ccc(-c2cc(-c3ccccc3)nc(-c3ccc(-n4c5ccccc5c5c6oc7ccccc7c6c6c(c7ccccc7n6-c6ccccc6)c54)cc3)c2)cc1. The summed E-state index contributed by atoms with van der Waals surface area (Å²) in [5.74, 6) is 0. The summed E-state index contributed by atoms with van der Waals surface area (Å²) in [6.45, 7) is 0. The third-order valence-electron chi connectivity index (χ3n) is 11.5. The molecule has 0 amide bonds. The van der Waals surface area contributed by atoms with Crippen LogP contribution >= 0.6 is 0 Å². The molecular formula is C53H33N3O. The molecule has 0 spiro atoms. The number of nitrogens with zero attached hydrogens (tertiary/aromatic N) is 3. The van der Waals surface area contributed by atoms with Gasteiger partial charge in [-0.05, 0) is 65.7 Å². The fraction of sp³-hybridized carbons (Fsp3) is 0. The van der Waals surface area contributed by atoms with E-state index in [1.54, 1.807) is 0 Å². The van der Waals surface area contributed by atoms with Crippen LogP contribution < -0.4 is 0 Å². The van der Waals surface area contributed by atoms with E-state index in [1.165, 1.54) is 10.8 Å². The summed E-state index contributed by atoms with van der Waals surface area (Å²) in [5, 5.41) is 6.92. The van der Waals surface area contributed by atoms with Gasteiger partial charge >= 0.3 is 0 Å². The maximum absolute atomic E-state index is 6.96. The van der Waals surface area contributed by atoms with Gasteiger partial charge in [-0.1, -0.05) is 146 Å². The maximum Gasteiger partial charge on any atom is 0.147 e. The smallest absolute Gasteiger partial charge is 0.147 e. The number of hydrogen-bond donors (Lipinski definition) is 0. The van der Waals surface area contributed by atoms with Crippen LogP contribution in [0.15, 0.2) is 205 Å². The molecule has 0 radical (unpaired) electrons. The Morgan fingerprint density at radius 2 is 0.807 bits per heavy atom. The first-order valence-corrected chi connectivity index (χ1v) is 19.4. The molecule has 8 aromatic carbocycles. The Bertz CT molecular complexity index is 3430. The molecule has 12 aromatic rings. The average Bonchev–Trinajstić information content (AvgIpc) is 3.95. The van der Waals surface area contributed by atoms with Crippen molar-refractivity contribution >= 4 is 65.6 Å². The summed E-state index contributed by atoms with van der Waals surface area (Å²) >= 11 is 0. The minimum Gasteiger partial charge on any atom is -0.455 e. The van der Waals surface area contributed by atoms with Crippen LogP contribution in [0.5, 0.6) is 0 Å². The van der Waals surface area contributed by atoms with Gasteiger partial charge in [-0.3, -0.25) is 0 Å². The molecule has 0 aliphatic heterocycles. The van der Waals surface area contributed by atoms with Gasteiger partial charge < -0.3 is 13.6 Å². The van der Waals surface area contributed by atoms with E-state index in [0.717, 1.165) is 99.8 Å². The molecule has 4 heterocycles. The predicted octanol–water partition coefficient (Wildman–Crippen LogP) is 14.2. The van der Waals surface area contributed by atoms with Crippen molar-refractivity contribution in [3.8, 4) is 45.0 Å². The van der Waals surface area contributed by atoms with Gasteiger partial charge in [0.2, 0.25) is 0 Å². The number of para-hydroxylation sites is 4. The molecule has 4 heteroatoms. The Labute approximate surface area is 328 Å². The van der Waals surface area contributed by atoms with E-state index < -0.39 is 0 Å². The molecule has 0 unspecified atom stereocenters. The van der Waals surface area contributed by atoms with Crippen molar-refractivity contribution in [1.82, 2.24) is 14.1 Å². The molecule has 4 aromatic heterocycles. The highest BCUT2D eigenvalue weighted by atomic mass is 16.3. The zero-order chi connectivity index (χ0) is 37.5. The zero-order valence-electron chi connectivity index (χ0n) is 30.8. The number of rotatable bonds is 5. The maximum atomic E-state index is 6.96. The summed E-state index contributed by atoms with van der Waals surface area (Å²) in [6.07, 6.45) is 0. The highest BCUT2D eigenvalue weighted by Crippen LogP contribution is 2.49. The summed E-state index contributed by atoms with van der Waals surface area (Å²) in [7, 11) is 0. The lowest BCUT2D eigenvalue weighted by atomic mass is 10.00. The number of pyridine rings is 1. The molecule has 0 aliphatic carbocycles. The van der Waals surface area contributed by atoms with Gasteiger partial charge in [-0.2, -0.15) is 0 Å². The topological polar surface area (TPSA) is 35.9 Å². The Kier molecular flexibility index (Phi) is 6.89. The van der Waals surface area contributed by atoms with E-state index in [9.17, 15) is 0 Å². The molecular weight excluding hydrogens is 695 g/mol. The monoisotopic (exact) mass is 727 g/mol. The highest BCUT2D eigenvalue weighted by molar-refractivity contribution is 6.39. The highest BCUT2D eigenvalue weighted by Gasteiger charge is 2.27. The van der Waals surface area contributed by atoms with Crippen molar-refractivity contribution in [2.75, 3.05) is 0 Å². The fourth-order valence-corrected chi connectivity index (χ4v) is 9.01. The van der Waals surface area contributed by atoms with Gasteiger partial charge in [0.05, 0.1) is 44.2 Å². The first kappa shape index (κ1) is 31.6. The van der Waals surface area contributed by atoms with Gasteiger partial charge in [0, 0.05) is 44.0 Å². The molecule has 57 heavy (non-hydrogen) atoms. The van der Waals surface area contributed by atoms with Crippen molar-refractivity contribution in [2.45, 2.75) is 0 Å². The summed E-state index contributed by atoms with van der Waals surface area (Å²) in [6, 6.07) is 71.0. The van der Waals surface area contributed by atoms with Crippen molar-refractivity contribution in [1.29, 1.82) is 0 Å². The minimum atomic E-state index is 0.882. The number of benzene rings is 8. The van der Waals surface area contributed by atoms with E-state index >= 15 is 0 Å². The van der Waals surface area contributed by atoms with E-state index in [0.29, 0.717) is 0 Å². The molecule has 266 valence electrons. The third-order valence-corrected chi connectivity index (χ3v) is 11.5. The van der Waals surface area contributed by atoms with Crippen molar-refractivity contribution in [3.05, 3.63) is 200 Å². The second-order valence-electron chi connectivity index (χ2n) is 14.7. The minimum absolute atomic E-state index is 0.882. The Morgan fingerprint density at radius 3 is 1.44 bits per heavy atom. The largest absolute Gasteiger partial charge is 0.455 e. The lowest BCUT2D eigenvalue weighted by Gasteiger charge is -2.13. The molecule has 0 bridgehead atoms. The molecule has 4 nitrogen and oxygen atoms in total. The standard InChI is InChI=1S/C53H33N3O/c1-4-16-34(17-5-1)37-32-43(35-18-6-2-7-19-35)54-44(33-37)36-28-30-39(31-29-36)56-46-26-14-11-23-41(46)49-51(56)48-40-22-10-13-25-45(40)55(38-20-8-3-9-21-38)52(48)50-42-24-12-15-27-47(42)57-53(49)50/h1-33H. The van der Waals surface area contributed by atoms with E-state index in [1.807, 2.05) is 6.07 Å². The van der Waals surface area contributed by atoms with Crippen LogP contribution in [0.2, 0.25) is 0 Å². The van der Waals surface area contributed by atoms with Crippen LogP contribution in [0.3, 0.4) is 0 Å². The first-order valence-electron chi connectivity index (χ1n) is 19.4. The van der Waals surface area contributed by atoms with Gasteiger partial charge in [0.1, 0.15) is 11.2 Å². The normalized spacial score (nSPS) is 11.9. The van der Waals surface area contributed by atoms with E-state index in [2.05, 4.69) is 203 Å². The third kappa shape index (κ3) is 4.77. The molecule has 12 rings (SSSR count). The molecule has 0 saturated carbocycles. The molecule has 0 atom stereocenters. The average molecular weight is 728 g/mol. The lowest BCUT2D eigenvalue weighted by Crippen LogP contribution is -1.96. The van der Waals surface area contributed by atoms with Crippen LogP contribution in [-0.4, -0.2) is 14.1 Å². The van der Waals surface area contributed by atoms with E-state index in [-0.39, 0.29) is 0 Å². The Balaban J connectivity index is 1.16. The molecule has 0 aliphatic rings. The second kappa shape index (κ2) is 12.4.